The van der Waals surface area contributed by atoms with Crippen molar-refractivity contribution in [2.24, 2.45) is 0 Å². The number of ketones is 1. The molecule has 7 nitrogen and oxygen atoms in total. The van der Waals surface area contributed by atoms with Crippen LogP contribution in [-0.4, -0.2) is 58.9 Å². The molecule has 1 aliphatic heterocycles. The van der Waals surface area contributed by atoms with Gasteiger partial charge in [0, 0.05) is 24.4 Å². The average molecular weight is 440 g/mol. The van der Waals surface area contributed by atoms with Gasteiger partial charge in [0.05, 0.1) is 18.8 Å². The summed E-state index contributed by atoms with van der Waals surface area (Å²) in [5, 5.41) is 7.17. The van der Waals surface area contributed by atoms with Crippen LogP contribution in [0.5, 0.6) is 0 Å². The number of nitrogens with zero attached hydrogens (tertiary/aromatic N) is 2. The first kappa shape index (κ1) is 22.5. The molecular weight excluding hydrogens is 406 g/mol. The minimum atomic E-state index is -0.439. The fraction of sp³-hybridized carbons (Fsp3) is 0.560. The Bertz CT molecular complexity index is 863. The number of hydrogen-bond acceptors (Lipinski definition) is 5. The highest BCUT2D eigenvalue weighted by Crippen LogP contribution is 2.36. The summed E-state index contributed by atoms with van der Waals surface area (Å²) in [6, 6.07) is 12.5. The van der Waals surface area contributed by atoms with E-state index in [1.807, 2.05) is 6.07 Å². The van der Waals surface area contributed by atoms with Crippen molar-refractivity contribution in [1.82, 2.24) is 15.1 Å². The molecule has 2 fully saturated rings. The second-order valence-corrected chi connectivity index (χ2v) is 9.00. The fourth-order valence-corrected chi connectivity index (χ4v) is 5.09. The van der Waals surface area contributed by atoms with E-state index in [0.29, 0.717) is 19.1 Å². The Kier molecular flexibility index (Phi) is 7.58. The zero-order valence-electron chi connectivity index (χ0n) is 18.7. The standard InChI is InChI=1S/C25H33N3O4/c1-18(29)16-32-25(30)28-15-5-8-22(23-13-14-26-27-23)24(28)17-31-21-11-9-20(10-12-21)19-6-3-2-4-7-19/h2-4,6-7,13-14,20-22,24H,5,8-12,15-17H2,1H3,(H,26,27). The van der Waals surface area contributed by atoms with Gasteiger partial charge in [-0.25, -0.2) is 4.79 Å². The molecule has 1 saturated heterocycles. The number of H-pyrrole nitrogens is 1. The molecule has 2 aliphatic rings. The van der Waals surface area contributed by atoms with E-state index in [1.165, 1.54) is 12.5 Å². The molecule has 4 rings (SSSR count). The van der Waals surface area contributed by atoms with Crippen molar-refractivity contribution in [3.8, 4) is 0 Å². The zero-order valence-corrected chi connectivity index (χ0v) is 18.7. The molecule has 7 heteroatoms. The number of Topliss-reactive ketones (excluding diaryl/α,β-unsaturated/α-hetero) is 1. The molecule has 2 unspecified atom stereocenters. The molecule has 1 aliphatic carbocycles. The van der Waals surface area contributed by atoms with Gasteiger partial charge in [0.15, 0.2) is 12.4 Å². The Hall–Kier alpha value is -2.67. The number of likely N-dealkylation sites (tertiary alicyclic amines) is 1. The van der Waals surface area contributed by atoms with Crippen LogP contribution < -0.4 is 0 Å². The van der Waals surface area contributed by atoms with E-state index in [9.17, 15) is 9.59 Å². The van der Waals surface area contributed by atoms with E-state index in [1.54, 1.807) is 11.1 Å². The van der Waals surface area contributed by atoms with Crippen molar-refractivity contribution in [1.29, 1.82) is 0 Å². The van der Waals surface area contributed by atoms with Gasteiger partial charge in [-0.1, -0.05) is 30.3 Å². The number of carbonyl (C=O) groups is 2. The Morgan fingerprint density at radius 1 is 1.09 bits per heavy atom. The maximum atomic E-state index is 12.7. The predicted molar refractivity (Wildman–Crippen MR) is 120 cm³/mol. The third-order valence-electron chi connectivity index (χ3n) is 6.78. The predicted octanol–water partition coefficient (Wildman–Crippen LogP) is 4.43. The smallest absolute Gasteiger partial charge is 0.410 e. The van der Waals surface area contributed by atoms with Crippen LogP contribution in [0.25, 0.3) is 0 Å². The van der Waals surface area contributed by atoms with Gasteiger partial charge < -0.3 is 14.4 Å². The first-order chi connectivity index (χ1) is 15.6. The van der Waals surface area contributed by atoms with Gasteiger partial charge in [0.25, 0.3) is 0 Å². The summed E-state index contributed by atoms with van der Waals surface area (Å²) in [4.78, 5) is 25.8. The Morgan fingerprint density at radius 2 is 1.88 bits per heavy atom. The van der Waals surface area contributed by atoms with Gasteiger partial charge in [-0.2, -0.15) is 5.10 Å². The molecule has 1 aromatic carbocycles. The monoisotopic (exact) mass is 439 g/mol. The topological polar surface area (TPSA) is 84.5 Å². The Balaban J connectivity index is 1.38. The number of aromatic amines is 1. The van der Waals surface area contributed by atoms with Crippen LogP contribution >= 0.6 is 0 Å². The van der Waals surface area contributed by atoms with Crippen LogP contribution in [0.4, 0.5) is 4.79 Å². The highest BCUT2D eigenvalue weighted by atomic mass is 16.6. The van der Waals surface area contributed by atoms with E-state index in [4.69, 9.17) is 9.47 Å². The van der Waals surface area contributed by atoms with Crippen molar-refractivity contribution in [2.75, 3.05) is 19.8 Å². The number of nitrogens with one attached hydrogen (secondary N) is 1. The molecule has 2 atom stereocenters. The third kappa shape index (κ3) is 5.57. The van der Waals surface area contributed by atoms with Gasteiger partial charge in [-0.15, -0.1) is 0 Å². The molecule has 1 N–H and O–H groups in total. The van der Waals surface area contributed by atoms with E-state index < -0.39 is 6.09 Å². The maximum Gasteiger partial charge on any atom is 0.410 e. The molecular formula is C25H33N3O4. The second-order valence-electron chi connectivity index (χ2n) is 9.00. The molecule has 0 radical (unpaired) electrons. The van der Waals surface area contributed by atoms with Crippen LogP contribution in [0.1, 0.15) is 68.5 Å². The van der Waals surface area contributed by atoms with Crippen molar-refractivity contribution in [3.05, 3.63) is 53.9 Å². The summed E-state index contributed by atoms with van der Waals surface area (Å²) in [7, 11) is 0. The molecule has 0 bridgehead atoms. The lowest BCUT2D eigenvalue weighted by Crippen LogP contribution is -2.51. The van der Waals surface area contributed by atoms with Crippen LogP contribution in [0, 0.1) is 0 Å². The molecule has 1 aromatic heterocycles. The summed E-state index contributed by atoms with van der Waals surface area (Å²) in [6.45, 7) is 2.29. The molecule has 172 valence electrons. The van der Waals surface area contributed by atoms with Crippen molar-refractivity contribution in [3.63, 3.8) is 0 Å². The van der Waals surface area contributed by atoms with Gasteiger partial charge in [-0.3, -0.25) is 9.89 Å². The van der Waals surface area contributed by atoms with E-state index >= 15 is 0 Å². The first-order valence-corrected chi connectivity index (χ1v) is 11.7. The SMILES string of the molecule is CC(=O)COC(=O)N1CCCC(c2ccn[nH]2)C1COC1CCC(c2ccccc2)CC1. The lowest BCUT2D eigenvalue weighted by Gasteiger charge is -2.41. The lowest BCUT2D eigenvalue weighted by molar-refractivity contribution is -0.120. The highest BCUT2D eigenvalue weighted by molar-refractivity contribution is 5.79. The summed E-state index contributed by atoms with van der Waals surface area (Å²) in [6.07, 6.45) is 7.61. The van der Waals surface area contributed by atoms with Crippen molar-refractivity contribution in [2.45, 2.75) is 69.4 Å². The minimum absolute atomic E-state index is 0.108. The summed E-state index contributed by atoms with van der Waals surface area (Å²) < 4.78 is 11.6. The largest absolute Gasteiger partial charge is 0.441 e. The minimum Gasteiger partial charge on any atom is -0.441 e. The Morgan fingerprint density at radius 3 is 2.56 bits per heavy atom. The summed E-state index contributed by atoms with van der Waals surface area (Å²) in [5.74, 6) is 0.543. The second kappa shape index (κ2) is 10.8. The van der Waals surface area contributed by atoms with Crippen LogP contribution in [0.2, 0.25) is 0 Å². The molecule has 2 aromatic rings. The number of piperidine rings is 1. The summed E-state index contributed by atoms with van der Waals surface area (Å²) >= 11 is 0. The number of amides is 1. The number of carbonyl (C=O) groups excluding carboxylic acids is 2. The third-order valence-corrected chi connectivity index (χ3v) is 6.78. The molecule has 2 heterocycles. The van der Waals surface area contributed by atoms with Crippen molar-refractivity contribution < 1.29 is 19.1 Å². The number of rotatable bonds is 7. The number of ether oxygens (including phenoxy) is 2. The van der Waals surface area contributed by atoms with Gasteiger partial charge in [0.2, 0.25) is 0 Å². The van der Waals surface area contributed by atoms with Crippen LogP contribution in [0.15, 0.2) is 42.6 Å². The average Bonchev–Trinajstić information content (AvgIpc) is 3.37. The molecule has 1 amide bonds. The quantitative estimate of drug-likeness (QED) is 0.690. The number of aromatic nitrogens is 2. The zero-order chi connectivity index (χ0) is 22.3. The molecule has 32 heavy (non-hydrogen) atoms. The molecule has 0 spiro atoms. The first-order valence-electron chi connectivity index (χ1n) is 11.7. The van der Waals surface area contributed by atoms with Gasteiger partial charge in [-0.05, 0) is 63.0 Å². The number of hydrogen-bond donors (Lipinski definition) is 1. The fourth-order valence-electron chi connectivity index (χ4n) is 5.09. The maximum absolute atomic E-state index is 12.7. The van der Waals surface area contributed by atoms with Gasteiger partial charge in [0.1, 0.15) is 0 Å². The molecule has 1 saturated carbocycles. The normalized spacial score (nSPS) is 26.0. The van der Waals surface area contributed by atoms with Crippen LogP contribution in [0.3, 0.4) is 0 Å². The van der Waals surface area contributed by atoms with E-state index in [0.717, 1.165) is 44.2 Å². The summed E-state index contributed by atoms with van der Waals surface area (Å²) in [5.41, 5.74) is 2.42. The van der Waals surface area contributed by atoms with Crippen LogP contribution in [-0.2, 0) is 14.3 Å². The van der Waals surface area contributed by atoms with Crippen molar-refractivity contribution >= 4 is 11.9 Å². The van der Waals surface area contributed by atoms with E-state index in [-0.39, 0.29) is 30.5 Å². The lowest BCUT2D eigenvalue weighted by atomic mass is 9.82. The van der Waals surface area contributed by atoms with Gasteiger partial charge >= 0.3 is 6.09 Å². The highest BCUT2D eigenvalue weighted by Gasteiger charge is 2.38. The number of benzene rings is 1. The Labute approximate surface area is 189 Å². The van der Waals surface area contributed by atoms with E-state index in [2.05, 4.69) is 40.5 Å².